The molecule has 7 nitrogen and oxygen atoms in total. The predicted molar refractivity (Wildman–Crippen MR) is 64.9 cm³/mol. The van der Waals surface area contributed by atoms with E-state index in [9.17, 15) is 19.3 Å². The van der Waals surface area contributed by atoms with Crippen LogP contribution in [0.5, 0.6) is 0 Å². The average molecular weight is 269 g/mol. The van der Waals surface area contributed by atoms with Crippen molar-refractivity contribution in [1.82, 2.24) is 4.90 Å². The number of anilines is 1. The van der Waals surface area contributed by atoms with Gasteiger partial charge in [0.2, 0.25) is 0 Å². The number of carboxylic acid groups (broad SMARTS) is 1. The summed E-state index contributed by atoms with van der Waals surface area (Å²) < 4.78 is 13.2. The summed E-state index contributed by atoms with van der Waals surface area (Å²) in [4.78, 5) is 23.9. The quantitative estimate of drug-likeness (QED) is 0.650. The zero-order chi connectivity index (χ0) is 14.0. The van der Waals surface area contributed by atoms with E-state index in [1.54, 1.807) is 4.90 Å². The summed E-state index contributed by atoms with van der Waals surface area (Å²) >= 11 is 0. The molecular weight excluding hydrogens is 257 g/mol. The van der Waals surface area contributed by atoms with Gasteiger partial charge < -0.3 is 14.9 Å². The van der Waals surface area contributed by atoms with Gasteiger partial charge in [0, 0.05) is 38.3 Å². The standard InChI is InChI=1S/C11H12FN3O4/c12-8-1-2-9(15(18)19)10(7-8)13-3-5-14(6-4-13)11(16)17/h1-2,7H,3-6H2,(H,16,17). The predicted octanol–water partition coefficient (Wildman–Crippen LogP) is 1.53. The molecule has 0 saturated carbocycles. The Labute approximate surface area is 108 Å². The number of hydrogen-bond acceptors (Lipinski definition) is 4. The first-order valence-electron chi connectivity index (χ1n) is 5.66. The number of nitro groups is 1. The topological polar surface area (TPSA) is 86.9 Å². The highest BCUT2D eigenvalue weighted by Gasteiger charge is 2.25. The van der Waals surface area contributed by atoms with Gasteiger partial charge in [0.1, 0.15) is 11.5 Å². The molecule has 1 aromatic carbocycles. The lowest BCUT2D eigenvalue weighted by molar-refractivity contribution is -0.384. The van der Waals surface area contributed by atoms with Crippen molar-refractivity contribution in [3.05, 3.63) is 34.1 Å². The number of hydrogen-bond donors (Lipinski definition) is 1. The second-order valence-electron chi connectivity index (χ2n) is 4.15. The van der Waals surface area contributed by atoms with E-state index < -0.39 is 16.8 Å². The monoisotopic (exact) mass is 269 g/mol. The molecule has 0 unspecified atom stereocenters. The number of halogens is 1. The molecule has 1 N–H and O–H groups in total. The van der Waals surface area contributed by atoms with Crippen LogP contribution in [0.2, 0.25) is 0 Å². The number of carbonyl (C=O) groups is 1. The number of amides is 1. The number of nitrogens with zero attached hydrogens (tertiary/aromatic N) is 3. The Kier molecular flexibility index (Phi) is 3.50. The molecular formula is C11H12FN3O4. The first kappa shape index (κ1) is 13.1. The van der Waals surface area contributed by atoms with Crippen molar-refractivity contribution in [1.29, 1.82) is 0 Å². The Morgan fingerprint density at radius 3 is 2.47 bits per heavy atom. The molecule has 0 aromatic heterocycles. The van der Waals surface area contributed by atoms with E-state index in [4.69, 9.17) is 5.11 Å². The fraction of sp³-hybridized carbons (Fsp3) is 0.364. The molecule has 2 rings (SSSR count). The zero-order valence-electron chi connectivity index (χ0n) is 9.95. The summed E-state index contributed by atoms with van der Waals surface area (Å²) in [6, 6.07) is 3.26. The normalized spacial score (nSPS) is 15.4. The molecule has 1 aliphatic heterocycles. The summed E-state index contributed by atoms with van der Waals surface area (Å²) in [5.74, 6) is -0.554. The highest BCUT2D eigenvalue weighted by molar-refractivity contribution is 5.67. The fourth-order valence-electron chi connectivity index (χ4n) is 2.04. The third-order valence-corrected chi connectivity index (χ3v) is 3.03. The van der Waals surface area contributed by atoms with Gasteiger partial charge in [0.15, 0.2) is 0 Å². The SMILES string of the molecule is O=C(O)N1CCN(c2cc(F)ccc2[N+](=O)[O-])CC1. The minimum atomic E-state index is -1.02. The van der Waals surface area contributed by atoms with Gasteiger partial charge in [-0.05, 0) is 6.07 Å². The minimum absolute atomic E-state index is 0.176. The van der Waals surface area contributed by atoms with Crippen LogP contribution in [0, 0.1) is 15.9 Å². The molecule has 1 saturated heterocycles. The molecule has 1 aliphatic rings. The lowest BCUT2D eigenvalue weighted by atomic mass is 10.2. The third-order valence-electron chi connectivity index (χ3n) is 3.03. The van der Waals surface area contributed by atoms with Crippen LogP contribution >= 0.6 is 0 Å². The van der Waals surface area contributed by atoms with Gasteiger partial charge in [0.05, 0.1) is 4.92 Å². The second kappa shape index (κ2) is 5.09. The smallest absolute Gasteiger partial charge is 0.407 e. The highest BCUT2D eigenvalue weighted by Crippen LogP contribution is 2.29. The van der Waals surface area contributed by atoms with Gasteiger partial charge in [-0.2, -0.15) is 0 Å². The maximum atomic E-state index is 13.2. The lowest BCUT2D eigenvalue weighted by Gasteiger charge is -2.34. The van der Waals surface area contributed by atoms with E-state index in [1.807, 2.05) is 0 Å². The fourth-order valence-corrected chi connectivity index (χ4v) is 2.04. The summed E-state index contributed by atoms with van der Waals surface area (Å²) in [5.41, 5.74) is 0.0141. The van der Waals surface area contributed by atoms with Crippen molar-refractivity contribution in [3.63, 3.8) is 0 Å². The van der Waals surface area contributed by atoms with Gasteiger partial charge in [-0.15, -0.1) is 0 Å². The first-order chi connectivity index (χ1) is 8.99. The molecule has 0 bridgehead atoms. The Bertz CT molecular complexity index is 515. The molecule has 1 heterocycles. The van der Waals surface area contributed by atoms with E-state index >= 15 is 0 Å². The van der Waals surface area contributed by atoms with E-state index in [0.29, 0.717) is 13.1 Å². The molecule has 1 amide bonds. The minimum Gasteiger partial charge on any atom is -0.465 e. The molecule has 1 fully saturated rings. The van der Waals surface area contributed by atoms with Crippen LogP contribution in [-0.4, -0.2) is 47.2 Å². The highest BCUT2D eigenvalue weighted by atomic mass is 19.1. The van der Waals surface area contributed by atoms with Crippen molar-refractivity contribution in [2.45, 2.75) is 0 Å². The van der Waals surface area contributed by atoms with Crippen molar-refractivity contribution in [3.8, 4) is 0 Å². The zero-order valence-corrected chi connectivity index (χ0v) is 9.95. The van der Waals surface area contributed by atoms with Crippen LogP contribution in [0.3, 0.4) is 0 Å². The van der Waals surface area contributed by atoms with E-state index in [-0.39, 0.29) is 24.5 Å². The van der Waals surface area contributed by atoms with E-state index in [0.717, 1.165) is 18.2 Å². The van der Waals surface area contributed by atoms with Gasteiger partial charge in [-0.25, -0.2) is 9.18 Å². The van der Waals surface area contributed by atoms with Crippen LogP contribution < -0.4 is 4.90 Å². The van der Waals surface area contributed by atoms with Crippen LogP contribution in [-0.2, 0) is 0 Å². The Morgan fingerprint density at radius 1 is 1.32 bits per heavy atom. The largest absolute Gasteiger partial charge is 0.465 e. The van der Waals surface area contributed by atoms with E-state index in [2.05, 4.69) is 0 Å². The first-order valence-corrected chi connectivity index (χ1v) is 5.66. The molecule has 102 valence electrons. The van der Waals surface area contributed by atoms with Crippen LogP contribution in [0.1, 0.15) is 0 Å². The molecule has 0 spiro atoms. The van der Waals surface area contributed by atoms with Crippen molar-refractivity contribution < 1.29 is 19.2 Å². The van der Waals surface area contributed by atoms with Crippen LogP contribution in [0.15, 0.2) is 18.2 Å². The van der Waals surface area contributed by atoms with Gasteiger partial charge >= 0.3 is 6.09 Å². The average Bonchev–Trinajstić information content (AvgIpc) is 2.38. The maximum absolute atomic E-state index is 13.2. The van der Waals surface area contributed by atoms with Crippen molar-refractivity contribution >= 4 is 17.5 Å². The number of benzene rings is 1. The molecule has 0 atom stereocenters. The Hall–Kier alpha value is -2.38. The molecule has 1 aromatic rings. The van der Waals surface area contributed by atoms with Crippen LogP contribution in [0.4, 0.5) is 20.6 Å². The van der Waals surface area contributed by atoms with Crippen LogP contribution in [0.25, 0.3) is 0 Å². The third kappa shape index (κ3) is 2.72. The van der Waals surface area contributed by atoms with Gasteiger partial charge in [0.25, 0.3) is 5.69 Å². The summed E-state index contributed by atoms with van der Waals surface area (Å²) in [5, 5.41) is 19.7. The number of nitro benzene ring substituents is 1. The maximum Gasteiger partial charge on any atom is 0.407 e. The Balaban J connectivity index is 2.21. The second-order valence-corrected chi connectivity index (χ2v) is 4.15. The molecule has 0 aliphatic carbocycles. The summed E-state index contributed by atoms with van der Waals surface area (Å²) in [6.45, 7) is 1.08. The van der Waals surface area contributed by atoms with Crippen molar-refractivity contribution in [2.24, 2.45) is 0 Å². The summed E-state index contributed by atoms with van der Waals surface area (Å²) in [6.07, 6.45) is -1.02. The molecule has 0 radical (unpaired) electrons. The summed E-state index contributed by atoms with van der Waals surface area (Å²) in [7, 11) is 0. The number of piperazine rings is 1. The van der Waals surface area contributed by atoms with Gasteiger partial charge in [-0.3, -0.25) is 10.1 Å². The van der Waals surface area contributed by atoms with Gasteiger partial charge in [-0.1, -0.05) is 0 Å². The van der Waals surface area contributed by atoms with E-state index in [1.165, 1.54) is 4.90 Å². The Morgan fingerprint density at radius 2 is 1.95 bits per heavy atom. The van der Waals surface area contributed by atoms with Crippen molar-refractivity contribution in [2.75, 3.05) is 31.1 Å². The molecule has 8 heteroatoms. The number of rotatable bonds is 2. The molecule has 19 heavy (non-hydrogen) atoms. The lowest BCUT2D eigenvalue weighted by Crippen LogP contribution is -2.48.